The summed E-state index contributed by atoms with van der Waals surface area (Å²) in [4.78, 5) is 4.49. The van der Waals surface area contributed by atoms with E-state index in [9.17, 15) is 0 Å². The molecule has 0 spiro atoms. The molecule has 0 fully saturated rings. The summed E-state index contributed by atoms with van der Waals surface area (Å²) < 4.78 is 1.03. The largest absolute Gasteiger partial charge is 0.388 e. The number of hydrogen-bond donors (Lipinski definition) is 2. The molecule has 5 heteroatoms. The van der Waals surface area contributed by atoms with E-state index in [1.807, 2.05) is 31.2 Å². The van der Waals surface area contributed by atoms with Gasteiger partial charge in [0.15, 0.2) is 0 Å². The number of pyridine rings is 1. The summed E-state index contributed by atoms with van der Waals surface area (Å²) in [5, 5.41) is 3.30. The third-order valence-corrected chi connectivity index (χ3v) is 3.20. The molecule has 3 N–H and O–H groups in total. The van der Waals surface area contributed by atoms with Gasteiger partial charge in [-0.15, -0.1) is 0 Å². The van der Waals surface area contributed by atoms with Crippen LogP contribution in [0.4, 0.5) is 11.4 Å². The first-order valence-corrected chi connectivity index (χ1v) is 6.55. The molecule has 0 aliphatic carbocycles. The van der Waals surface area contributed by atoms with Gasteiger partial charge in [0.05, 0.1) is 17.6 Å². The number of nitrogens with one attached hydrogen (secondary N) is 1. The number of benzene rings is 1. The number of nitrogens with two attached hydrogens (primary N) is 1. The average Bonchev–Trinajstić information content (AvgIpc) is 2.34. The second-order valence-electron chi connectivity index (χ2n) is 3.88. The topological polar surface area (TPSA) is 50.9 Å². The molecule has 0 aliphatic heterocycles. The van der Waals surface area contributed by atoms with Crippen LogP contribution in [-0.2, 0) is 0 Å². The fraction of sp³-hybridized carbons (Fsp3) is 0.0769. The number of halogens is 1. The summed E-state index contributed by atoms with van der Waals surface area (Å²) in [7, 11) is 0. The van der Waals surface area contributed by atoms with Crippen LogP contribution in [0.15, 0.2) is 41.0 Å². The van der Waals surface area contributed by atoms with Crippen molar-refractivity contribution < 1.29 is 0 Å². The highest BCUT2D eigenvalue weighted by atomic mass is 79.9. The van der Waals surface area contributed by atoms with Gasteiger partial charge < -0.3 is 11.1 Å². The van der Waals surface area contributed by atoms with Crippen LogP contribution in [0, 0.1) is 6.92 Å². The summed E-state index contributed by atoms with van der Waals surface area (Å²) in [5.74, 6) is 0. The molecule has 0 saturated heterocycles. The van der Waals surface area contributed by atoms with Crippen LogP contribution < -0.4 is 11.1 Å². The van der Waals surface area contributed by atoms with E-state index >= 15 is 0 Å². The van der Waals surface area contributed by atoms with Gasteiger partial charge in [0.1, 0.15) is 4.99 Å². The third-order valence-electron chi connectivity index (χ3n) is 2.49. The second kappa shape index (κ2) is 5.46. The quantitative estimate of drug-likeness (QED) is 0.849. The molecule has 1 aromatic carbocycles. The average molecular weight is 322 g/mol. The fourth-order valence-electron chi connectivity index (χ4n) is 1.50. The van der Waals surface area contributed by atoms with Crippen molar-refractivity contribution in [1.29, 1.82) is 0 Å². The van der Waals surface area contributed by atoms with E-state index in [-0.39, 0.29) is 0 Å². The van der Waals surface area contributed by atoms with Crippen LogP contribution in [0.5, 0.6) is 0 Å². The Morgan fingerprint density at radius 3 is 2.72 bits per heavy atom. The van der Waals surface area contributed by atoms with E-state index in [1.54, 1.807) is 12.3 Å². The molecular formula is C13H12BrN3S. The van der Waals surface area contributed by atoms with E-state index in [0.29, 0.717) is 10.7 Å². The van der Waals surface area contributed by atoms with Gasteiger partial charge in [-0.25, -0.2) is 0 Å². The molecule has 3 nitrogen and oxygen atoms in total. The van der Waals surface area contributed by atoms with Gasteiger partial charge in [-0.1, -0.05) is 34.2 Å². The molecular weight excluding hydrogens is 310 g/mol. The molecule has 92 valence electrons. The second-order valence-corrected chi connectivity index (χ2v) is 5.24. The van der Waals surface area contributed by atoms with E-state index in [2.05, 4.69) is 26.2 Å². The van der Waals surface area contributed by atoms with E-state index in [1.165, 1.54) is 0 Å². The van der Waals surface area contributed by atoms with Gasteiger partial charge in [-0.2, -0.15) is 0 Å². The first kappa shape index (κ1) is 13.0. The van der Waals surface area contributed by atoms with Gasteiger partial charge in [-0.05, 0) is 36.8 Å². The van der Waals surface area contributed by atoms with Crippen molar-refractivity contribution in [2.75, 3.05) is 5.32 Å². The van der Waals surface area contributed by atoms with E-state index in [0.717, 1.165) is 21.4 Å². The number of anilines is 2. The zero-order valence-electron chi connectivity index (χ0n) is 9.77. The Morgan fingerprint density at radius 1 is 1.33 bits per heavy atom. The van der Waals surface area contributed by atoms with Gasteiger partial charge in [0.25, 0.3) is 0 Å². The van der Waals surface area contributed by atoms with Crippen molar-refractivity contribution in [2.24, 2.45) is 5.73 Å². The lowest BCUT2D eigenvalue weighted by Gasteiger charge is -2.10. The van der Waals surface area contributed by atoms with Gasteiger partial charge in [0.2, 0.25) is 0 Å². The number of aryl methyl sites for hydroxylation is 1. The maximum absolute atomic E-state index is 5.50. The monoisotopic (exact) mass is 321 g/mol. The smallest absolute Gasteiger partial charge is 0.122 e. The molecule has 18 heavy (non-hydrogen) atoms. The zero-order valence-corrected chi connectivity index (χ0v) is 12.2. The standard InChI is InChI=1S/C13H12BrN3S/c1-8-2-3-9(14)6-12(8)17-10-4-5-11(13(15)18)16-7-10/h2-7,17H,1H3,(H2,15,18). The maximum atomic E-state index is 5.50. The Hall–Kier alpha value is -1.46. The van der Waals surface area contributed by atoms with Crippen LogP contribution in [0.1, 0.15) is 11.3 Å². The molecule has 0 atom stereocenters. The Morgan fingerprint density at radius 2 is 2.11 bits per heavy atom. The lowest BCUT2D eigenvalue weighted by atomic mass is 10.2. The van der Waals surface area contributed by atoms with Crippen LogP contribution in [0.2, 0.25) is 0 Å². The third kappa shape index (κ3) is 3.05. The Labute approximate surface area is 120 Å². The van der Waals surface area contributed by atoms with Gasteiger partial charge in [-0.3, -0.25) is 4.98 Å². The Kier molecular flexibility index (Phi) is 3.93. The molecule has 0 saturated carbocycles. The molecule has 0 bridgehead atoms. The molecule has 2 aromatic rings. The number of hydrogen-bond acceptors (Lipinski definition) is 3. The first-order chi connectivity index (χ1) is 8.56. The number of aromatic nitrogens is 1. The van der Waals surface area contributed by atoms with Crippen LogP contribution in [-0.4, -0.2) is 9.97 Å². The van der Waals surface area contributed by atoms with Gasteiger partial charge >= 0.3 is 0 Å². The fourth-order valence-corrected chi connectivity index (χ4v) is 1.98. The maximum Gasteiger partial charge on any atom is 0.122 e. The molecule has 0 aliphatic rings. The van der Waals surface area contributed by atoms with E-state index in [4.69, 9.17) is 18.0 Å². The summed E-state index contributed by atoms with van der Waals surface area (Å²) >= 11 is 8.31. The lowest BCUT2D eigenvalue weighted by Crippen LogP contribution is -2.11. The van der Waals surface area contributed by atoms with Crippen LogP contribution >= 0.6 is 28.1 Å². The van der Waals surface area contributed by atoms with Crippen molar-refractivity contribution in [3.63, 3.8) is 0 Å². The van der Waals surface area contributed by atoms with Crippen LogP contribution in [0.25, 0.3) is 0 Å². The van der Waals surface area contributed by atoms with Crippen molar-refractivity contribution >= 4 is 44.5 Å². The molecule has 0 radical (unpaired) electrons. The highest BCUT2D eigenvalue weighted by Crippen LogP contribution is 2.24. The van der Waals surface area contributed by atoms with E-state index < -0.39 is 0 Å². The van der Waals surface area contributed by atoms with Crippen molar-refractivity contribution in [2.45, 2.75) is 6.92 Å². The Balaban J connectivity index is 2.23. The minimum absolute atomic E-state index is 0.306. The summed E-state index contributed by atoms with van der Waals surface area (Å²) in [6, 6.07) is 9.79. The number of thiocarbonyl (C=S) groups is 1. The van der Waals surface area contributed by atoms with Crippen molar-refractivity contribution in [3.05, 3.63) is 52.3 Å². The highest BCUT2D eigenvalue weighted by Gasteiger charge is 2.02. The normalized spacial score (nSPS) is 10.1. The molecule has 0 unspecified atom stereocenters. The predicted molar refractivity (Wildman–Crippen MR) is 82.3 cm³/mol. The van der Waals surface area contributed by atoms with Crippen molar-refractivity contribution in [1.82, 2.24) is 4.98 Å². The first-order valence-electron chi connectivity index (χ1n) is 5.35. The molecule has 0 amide bonds. The SMILES string of the molecule is Cc1ccc(Br)cc1Nc1ccc(C(N)=S)nc1. The predicted octanol–water partition coefficient (Wildman–Crippen LogP) is 3.53. The summed E-state index contributed by atoms with van der Waals surface area (Å²) in [6.45, 7) is 2.05. The van der Waals surface area contributed by atoms with Crippen molar-refractivity contribution in [3.8, 4) is 0 Å². The van der Waals surface area contributed by atoms with Crippen LogP contribution in [0.3, 0.4) is 0 Å². The molecule has 2 rings (SSSR count). The summed E-state index contributed by atoms with van der Waals surface area (Å²) in [6.07, 6.45) is 1.72. The zero-order chi connectivity index (χ0) is 13.1. The summed E-state index contributed by atoms with van der Waals surface area (Å²) in [5.41, 5.74) is 9.23. The minimum atomic E-state index is 0.306. The number of rotatable bonds is 3. The Bertz CT molecular complexity index is 581. The number of nitrogens with zero attached hydrogens (tertiary/aromatic N) is 1. The highest BCUT2D eigenvalue weighted by molar-refractivity contribution is 9.10. The molecule has 1 heterocycles. The molecule has 1 aromatic heterocycles. The minimum Gasteiger partial charge on any atom is -0.388 e. The lowest BCUT2D eigenvalue weighted by molar-refractivity contribution is 1.28. The van der Waals surface area contributed by atoms with Gasteiger partial charge in [0, 0.05) is 10.2 Å².